The van der Waals surface area contributed by atoms with Crippen LogP contribution in [0.3, 0.4) is 0 Å². The summed E-state index contributed by atoms with van der Waals surface area (Å²) in [4.78, 5) is 0. The van der Waals surface area contributed by atoms with Crippen molar-refractivity contribution >= 4 is 0 Å². The smallest absolute Gasteiger partial charge is 0 e. The van der Waals surface area contributed by atoms with Gasteiger partial charge < -0.3 is 0 Å². The third-order valence-corrected chi connectivity index (χ3v) is 0. The fourth-order valence-electron chi connectivity index (χ4n) is 0. The van der Waals surface area contributed by atoms with Gasteiger partial charge in [-0.1, -0.05) is 7.43 Å². The van der Waals surface area contributed by atoms with E-state index in [1.807, 2.05) is 0 Å². The Bertz CT molecular complexity index is 11.6. The zero-order valence-electron chi connectivity index (χ0n) is 1.49. The predicted molar refractivity (Wildman–Crippen MR) is 6.73 cm³/mol. The van der Waals surface area contributed by atoms with E-state index in [2.05, 4.69) is 0 Å². The third-order valence-electron chi connectivity index (χ3n) is 0. The van der Waals surface area contributed by atoms with Gasteiger partial charge in [0.05, 0.1) is 0 Å². The van der Waals surface area contributed by atoms with Crippen LogP contribution in [0.15, 0.2) is 0 Å². The van der Waals surface area contributed by atoms with Crippen molar-refractivity contribution in [3.05, 3.63) is 0 Å². The zero-order valence-corrected chi connectivity index (χ0v) is 6.86. The van der Waals surface area contributed by atoms with Gasteiger partial charge in [0.25, 0.3) is 0 Å². The molecule has 0 rings (SSSR count). The summed E-state index contributed by atoms with van der Waals surface area (Å²) in [6.07, 6.45) is 0. The zero-order chi connectivity index (χ0) is 0. The van der Waals surface area contributed by atoms with Crippen LogP contribution in [0.2, 0.25) is 0 Å². The molecule has 0 spiro atoms. The van der Waals surface area contributed by atoms with Crippen molar-refractivity contribution in [3.8, 4) is 0 Å². The second-order valence-electron chi connectivity index (χ2n) is 0. The average molecular weight is 279 g/mol. The summed E-state index contributed by atoms with van der Waals surface area (Å²) in [5.41, 5.74) is 0. The van der Waals surface area contributed by atoms with Crippen LogP contribution in [0.1, 0.15) is 7.43 Å². The molecular weight excluding hydrogens is 274 g/mol. The maximum absolute atomic E-state index is 0. The molecule has 0 atom stereocenters. The van der Waals surface area contributed by atoms with Gasteiger partial charge >= 0.3 is 0 Å². The molecule has 0 fully saturated rings. The molecule has 5 heavy (non-hydrogen) atoms. The second-order valence-corrected chi connectivity index (χ2v) is 0. The first kappa shape index (κ1) is 56.3. The molecule has 0 saturated carbocycles. The van der Waals surface area contributed by atoms with Crippen LogP contribution < -0.4 is 0 Å². The molecule has 0 amide bonds. The van der Waals surface area contributed by atoms with E-state index in [0.717, 1.165) is 0 Å². The minimum atomic E-state index is 0. The van der Waals surface area contributed by atoms with Crippen LogP contribution in [0.25, 0.3) is 0 Å². The Balaban J connectivity index is 0. The molecule has 0 aliphatic rings. The molecule has 0 N–H and O–H groups in total. The average Bonchev–Trinajstić information content (AvgIpc) is 0. The fraction of sp³-hybridized carbons (Fsp3) is 1.00. The Labute approximate surface area is 78.6 Å². The maximum Gasteiger partial charge on any atom is 0 e. The molecule has 0 aliphatic carbocycles. The first-order valence-corrected chi connectivity index (χ1v) is 0. The van der Waals surface area contributed by atoms with Crippen molar-refractivity contribution in [3.63, 3.8) is 0 Å². The summed E-state index contributed by atoms with van der Waals surface area (Å²) in [5.74, 6) is 0. The SMILES string of the molecule is C.[Cr].[Fe].[Mo].[Ni]. The summed E-state index contributed by atoms with van der Waals surface area (Å²) >= 11 is 0. The molecule has 0 aliphatic heterocycles. The molecule has 4 heteroatoms. The first-order chi connectivity index (χ1) is 0. The summed E-state index contributed by atoms with van der Waals surface area (Å²) in [6, 6.07) is 0. The minimum absolute atomic E-state index is 0. The minimum Gasteiger partial charge on any atom is -0.0776 e. The third kappa shape index (κ3) is 22.4. The van der Waals surface area contributed by atoms with Crippen LogP contribution in [0, 0.1) is 0 Å². The van der Waals surface area contributed by atoms with Crippen molar-refractivity contribution in [1.29, 1.82) is 0 Å². The summed E-state index contributed by atoms with van der Waals surface area (Å²) in [7, 11) is 0. The normalized spacial score (nSPS) is 0. The van der Waals surface area contributed by atoms with Crippen LogP contribution in [0.5, 0.6) is 0 Å². The van der Waals surface area contributed by atoms with Gasteiger partial charge in [-0.15, -0.1) is 0 Å². The van der Waals surface area contributed by atoms with Crippen LogP contribution in [-0.2, 0) is 72.0 Å². The topological polar surface area (TPSA) is 0 Å². The van der Waals surface area contributed by atoms with E-state index in [4.69, 9.17) is 0 Å². The van der Waals surface area contributed by atoms with E-state index in [-0.39, 0.29) is 79.4 Å². The fourth-order valence-corrected chi connectivity index (χ4v) is 0. The van der Waals surface area contributed by atoms with E-state index < -0.39 is 0 Å². The molecule has 0 bridgehead atoms. The van der Waals surface area contributed by atoms with Gasteiger partial charge in [-0.2, -0.15) is 0 Å². The second kappa shape index (κ2) is 34.2. The summed E-state index contributed by atoms with van der Waals surface area (Å²) in [6.45, 7) is 0. The molecular formula is CH4CrFeMoNi. The summed E-state index contributed by atoms with van der Waals surface area (Å²) < 4.78 is 0. The first-order valence-electron chi connectivity index (χ1n) is 0. The molecule has 0 heterocycles. The number of hydrogen-bond acceptors (Lipinski definition) is 0. The quantitative estimate of drug-likeness (QED) is 0.570. The molecule has 0 radical (unpaired) electrons. The molecule has 0 aromatic rings. The largest absolute Gasteiger partial charge is 0.0776 e. The van der Waals surface area contributed by atoms with Gasteiger partial charge in [-0.25, -0.2) is 0 Å². The van der Waals surface area contributed by atoms with E-state index >= 15 is 0 Å². The van der Waals surface area contributed by atoms with Gasteiger partial charge in [0.15, 0.2) is 0 Å². The van der Waals surface area contributed by atoms with Gasteiger partial charge in [-0.3, -0.25) is 0 Å². The van der Waals surface area contributed by atoms with Crippen LogP contribution >= 0.6 is 0 Å². The Morgan fingerprint density at radius 3 is 1.00 bits per heavy atom. The molecule has 0 aromatic carbocycles. The predicted octanol–water partition coefficient (Wildman–Crippen LogP) is 0.626. The van der Waals surface area contributed by atoms with Crippen molar-refractivity contribution in [2.75, 3.05) is 0 Å². The van der Waals surface area contributed by atoms with E-state index in [1.165, 1.54) is 0 Å². The van der Waals surface area contributed by atoms with Crippen molar-refractivity contribution < 1.29 is 72.0 Å². The van der Waals surface area contributed by atoms with E-state index in [1.54, 1.807) is 0 Å². The maximum atomic E-state index is 0. The Kier molecular flexibility index (Phi) is 386. The molecule has 0 aromatic heterocycles. The Morgan fingerprint density at radius 1 is 1.00 bits per heavy atom. The number of hydrogen-bond donors (Lipinski definition) is 0. The van der Waals surface area contributed by atoms with Gasteiger partial charge in [0.2, 0.25) is 0 Å². The van der Waals surface area contributed by atoms with Crippen molar-refractivity contribution in [1.82, 2.24) is 0 Å². The van der Waals surface area contributed by atoms with Crippen LogP contribution in [-0.4, -0.2) is 0 Å². The van der Waals surface area contributed by atoms with Crippen molar-refractivity contribution in [2.24, 2.45) is 0 Å². The molecule has 38 valence electrons. The Hall–Kier alpha value is 2.23. The van der Waals surface area contributed by atoms with E-state index in [9.17, 15) is 0 Å². The van der Waals surface area contributed by atoms with Gasteiger partial charge in [-0.05, 0) is 0 Å². The van der Waals surface area contributed by atoms with Crippen LogP contribution in [0.4, 0.5) is 0 Å². The monoisotopic (exact) mass is 280 g/mol. The standard InChI is InChI=1S/CH4.Cr.Fe.Mo.Ni/h1H4;;;;. The van der Waals surface area contributed by atoms with Crippen molar-refractivity contribution in [2.45, 2.75) is 7.43 Å². The molecule has 0 unspecified atom stereocenters. The molecule has 0 saturated heterocycles. The number of rotatable bonds is 0. The van der Waals surface area contributed by atoms with Gasteiger partial charge in [0.1, 0.15) is 0 Å². The molecule has 0 nitrogen and oxygen atoms in total. The van der Waals surface area contributed by atoms with Gasteiger partial charge in [0, 0.05) is 72.0 Å². The Morgan fingerprint density at radius 2 is 1.00 bits per heavy atom. The van der Waals surface area contributed by atoms with E-state index in [0.29, 0.717) is 0 Å². The summed E-state index contributed by atoms with van der Waals surface area (Å²) in [5, 5.41) is 0.